The van der Waals surface area contributed by atoms with Crippen LogP contribution in [0.3, 0.4) is 0 Å². The van der Waals surface area contributed by atoms with E-state index in [0.717, 1.165) is 0 Å². The van der Waals surface area contributed by atoms with E-state index < -0.39 is 17.9 Å². The van der Waals surface area contributed by atoms with Crippen molar-refractivity contribution in [2.24, 2.45) is 0 Å². The number of halogens is 1. The molecule has 1 rings (SSSR count). The molecule has 0 radical (unpaired) electrons. The fourth-order valence-electron chi connectivity index (χ4n) is 1.24. The Labute approximate surface area is 90.3 Å². The van der Waals surface area contributed by atoms with E-state index in [9.17, 15) is 9.59 Å². The van der Waals surface area contributed by atoms with E-state index in [0.29, 0.717) is 0 Å². The summed E-state index contributed by atoms with van der Waals surface area (Å²) < 4.78 is 4.99. The maximum absolute atomic E-state index is 10.5. The SMILES string of the molecule is O=C(O)CC(CC(=O)O)c1ccc(Cl)o1. The van der Waals surface area contributed by atoms with Gasteiger partial charge < -0.3 is 14.6 Å². The Bertz CT molecular complexity index is 354. The molecular formula is C9H9ClO5. The van der Waals surface area contributed by atoms with Gasteiger partial charge in [-0.15, -0.1) is 0 Å². The Balaban J connectivity index is 2.80. The maximum Gasteiger partial charge on any atom is 0.304 e. The lowest BCUT2D eigenvalue weighted by Gasteiger charge is -2.08. The number of carboxylic acid groups (broad SMARTS) is 2. The Hall–Kier alpha value is -1.49. The van der Waals surface area contributed by atoms with Crippen molar-refractivity contribution in [3.63, 3.8) is 0 Å². The van der Waals surface area contributed by atoms with Crippen LogP contribution < -0.4 is 0 Å². The lowest BCUT2D eigenvalue weighted by atomic mass is 9.99. The minimum absolute atomic E-state index is 0.116. The van der Waals surface area contributed by atoms with Gasteiger partial charge in [0, 0.05) is 5.92 Å². The maximum atomic E-state index is 10.5. The molecular weight excluding hydrogens is 224 g/mol. The number of hydrogen-bond donors (Lipinski definition) is 2. The van der Waals surface area contributed by atoms with Gasteiger partial charge in [-0.2, -0.15) is 0 Å². The van der Waals surface area contributed by atoms with E-state index in [1.54, 1.807) is 0 Å². The van der Waals surface area contributed by atoms with Crippen LogP contribution in [0.5, 0.6) is 0 Å². The van der Waals surface area contributed by atoms with Gasteiger partial charge in [0.15, 0.2) is 5.22 Å². The summed E-state index contributed by atoms with van der Waals surface area (Å²) in [4.78, 5) is 21.0. The zero-order chi connectivity index (χ0) is 11.4. The quantitative estimate of drug-likeness (QED) is 0.810. The highest BCUT2D eigenvalue weighted by molar-refractivity contribution is 6.28. The zero-order valence-corrected chi connectivity index (χ0v) is 8.40. The van der Waals surface area contributed by atoms with Crippen LogP contribution in [0.2, 0.25) is 5.22 Å². The van der Waals surface area contributed by atoms with Crippen LogP contribution in [-0.4, -0.2) is 22.2 Å². The van der Waals surface area contributed by atoms with E-state index in [1.807, 2.05) is 0 Å². The predicted molar refractivity (Wildman–Crippen MR) is 51.0 cm³/mol. The molecule has 0 spiro atoms. The highest BCUT2D eigenvalue weighted by Crippen LogP contribution is 2.27. The second-order valence-corrected chi connectivity index (χ2v) is 3.41. The minimum atomic E-state index is -1.08. The van der Waals surface area contributed by atoms with E-state index >= 15 is 0 Å². The van der Waals surface area contributed by atoms with E-state index in [2.05, 4.69) is 0 Å². The topological polar surface area (TPSA) is 87.7 Å². The van der Waals surface area contributed by atoms with Crippen LogP contribution in [0, 0.1) is 0 Å². The molecule has 6 heteroatoms. The summed E-state index contributed by atoms with van der Waals surface area (Å²) in [5.74, 6) is -2.56. The van der Waals surface area contributed by atoms with Gasteiger partial charge in [0.1, 0.15) is 5.76 Å². The molecule has 0 saturated carbocycles. The molecule has 1 aromatic rings. The molecule has 2 N–H and O–H groups in total. The number of aliphatic carboxylic acids is 2. The number of carboxylic acids is 2. The Morgan fingerprint density at radius 3 is 2.13 bits per heavy atom. The molecule has 0 unspecified atom stereocenters. The fourth-order valence-corrected chi connectivity index (χ4v) is 1.39. The standard InChI is InChI=1S/C9H9ClO5/c10-7-2-1-6(15-7)5(3-8(11)12)4-9(13)14/h1-2,5H,3-4H2,(H,11,12)(H,13,14). The molecule has 0 aromatic carbocycles. The van der Waals surface area contributed by atoms with Crippen molar-refractivity contribution >= 4 is 23.5 Å². The Morgan fingerprint density at radius 2 is 1.80 bits per heavy atom. The predicted octanol–water partition coefficient (Wildman–Crippen LogP) is 1.97. The molecule has 1 heterocycles. The number of furan rings is 1. The van der Waals surface area contributed by atoms with Gasteiger partial charge in [-0.05, 0) is 23.7 Å². The van der Waals surface area contributed by atoms with E-state index in [1.165, 1.54) is 12.1 Å². The highest BCUT2D eigenvalue weighted by atomic mass is 35.5. The summed E-state index contributed by atoms with van der Waals surface area (Å²) in [7, 11) is 0. The molecule has 0 amide bonds. The van der Waals surface area contributed by atoms with Crippen LogP contribution in [0.1, 0.15) is 24.5 Å². The molecule has 0 aliphatic heterocycles. The second kappa shape index (κ2) is 4.84. The number of hydrogen-bond acceptors (Lipinski definition) is 3. The van der Waals surface area contributed by atoms with Gasteiger partial charge in [-0.3, -0.25) is 9.59 Å². The molecule has 1 aromatic heterocycles. The van der Waals surface area contributed by atoms with Crippen LogP contribution in [-0.2, 0) is 9.59 Å². The largest absolute Gasteiger partial charge is 0.481 e. The van der Waals surface area contributed by atoms with Crippen molar-refractivity contribution in [1.29, 1.82) is 0 Å². The normalized spacial score (nSPS) is 10.5. The van der Waals surface area contributed by atoms with Crippen molar-refractivity contribution < 1.29 is 24.2 Å². The van der Waals surface area contributed by atoms with Crippen molar-refractivity contribution in [3.05, 3.63) is 23.1 Å². The van der Waals surface area contributed by atoms with Crippen LogP contribution in [0.15, 0.2) is 16.5 Å². The van der Waals surface area contributed by atoms with Crippen LogP contribution >= 0.6 is 11.6 Å². The lowest BCUT2D eigenvalue weighted by Crippen LogP contribution is -2.10. The minimum Gasteiger partial charge on any atom is -0.481 e. The molecule has 0 fully saturated rings. The van der Waals surface area contributed by atoms with Crippen molar-refractivity contribution in [3.8, 4) is 0 Å². The first kappa shape index (κ1) is 11.6. The van der Waals surface area contributed by atoms with Gasteiger partial charge >= 0.3 is 11.9 Å². The summed E-state index contributed by atoms with van der Waals surface area (Å²) in [6.45, 7) is 0. The summed E-state index contributed by atoms with van der Waals surface area (Å²) in [5, 5.41) is 17.3. The molecule has 0 aliphatic rings. The summed E-state index contributed by atoms with van der Waals surface area (Å²) in [6.07, 6.45) is -0.591. The third kappa shape index (κ3) is 3.63. The molecule has 5 nitrogen and oxygen atoms in total. The summed E-state index contributed by atoms with van der Waals surface area (Å²) in [5.41, 5.74) is 0. The molecule has 0 saturated heterocycles. The summed E-state index contributed by atoms with van der Waals surface area (Å²) >= 11 is 5.52. The molecule has 0 atom stereocenters. The van der Waals surface area contributed by atoms with E-state index in [4.69, 9.17) is 26.2 Å². The highest BCUT2D eigenvalue weighted by Gasteiger charge is 2.21. The number of rotatable bonds is 5. The number of carbonyl (C=O) groups is 2. The lowest BCUT2D eigenvalue weighted by molar-refractivity contribution is -0.139. The van der Waals surface area contributed by atoms with Gasteiger partial charge in [0.05, 0.1) is 12.8 Å². The van der Waals surface area contributed by atoms with Crippen molar-refractivity contribution in [2.45, 2.75) is 18.8 Å². The third-order valence-electron chi connectivity index (χ3n) is 1.84. The fraction of sp³-hybridized carbons (Fsp3) is 0.333. The molecule has 82 valence electrons. The van der Waals surface area contributed by atoms with Crippen LogP contribution in [0.25, 0.3) is 0 Å². The van der Waals surface area contributed by atoms with E-state index in [-0.39, 0.29) is 23.8 Å². The Morgan fingerprint density at radius 1 is 1.27 bits per heavy atom. The van der Waals surface area contributed by atoms with Gasteiger partial charge in [0.25, 0.3) is 0 Å². The van der Waals surface area contributed by atoms with Crippen molar-refractivity contribution in [1.82, 2.24) is 0 Å². The first-order valence-corrected chi connectivity index (χ1v) is 4.55. The zero-order valence-electron chi connectivity index (χ0n) is 7.64. The molecule has 0 aliphatic carbocycles. The van der Waals surface area contributed by atoms with Crippen molar-refractivity contribution in [2.75, 3.05) is 0 Å². The average Bonchev–Trinajstić information content (AvgIpc) is 2.48. The average molecular weight is 233 g/mol. The Kier molecular flexibility index (Phi) is 3.74. The second-order valence-electron chi connectivity index (χ2n) is 3.03. The smallest absolute Gasteiger partial charge is 0.304 e. The van der Waals surface area contributed by atoms with Gasteiger partial charge in [-0.1, -0.05) is 0 Å². The van der Waals surface area contributed by atoms with Gasteiger partial charge in [-0.25, -0.2) is 0 Å². The first-order chi connectivity index (χ1) is 6.99. The first-order valence-electron chi connectivity index (χ1n) is 4.18. The molecule has 0 bridgehead atoms. The summed E-state index contributed by atoms with van der Waals surface area (Å²) in [6, 6.07) is 2.94. The monoisotopic (exact) mass is 232 g/mol. The molecule has 15 heavy (non-hydrogen) atoms. The van der Waals surface area contributed by atoms with Gasteiger partial charge in [0.2, 0.25) is 0 Å². The third-order valence-corrected chi connectivity index (χ3v) is 2.04. The van der Waals surface area contributed by atoms with Crippen LogP contribution in [0.4, 0.5) is 0 Å².